The van der Waals surface area contributed by atoms with Gasteiger partial charge in [0.1, 0.15) is 5.60 Å². The number of amides is 1. The van der Waals surface area contributed by atoms with Gasteiger partial charge in [-0.3, -0.25) is 9.69 Å². The van der Waals surface area contributed by atoms with Gasteiger partial charge in [0.25, 0.3) is 0 Å². The molecule has 0 bridgehead atoms. The summed E-state index contributed by atoms with van der Waals surface area (Å²) in [6.07, 6.45) is 2.75. The predicted octanol–water partition coefficient (Wildman–Crippen LogP) is 2.45. The van der Waals surface area contributed by atoms with Gasteiger partial charge in [0.05, 0.1) is 12.8 Å². The molecule has 1 aliphatic heterocycles. The molecular formula is C16H24N2O4. The van der Waals surface area contributed by atoms with Crippen molar-refractivity contribution in [3.05, 3.63) is 24.2 Å². The summed E-state index contributed by atoms with van der Waals surface area (Å²) in [7, 11) is 0. The molecule has 1 aliphatic rings. The fourth-order valence-corrected chi connectivity index (χ4v) is 2.43. The van der Waals surface area contributed by atoms with E-state index in [9.17, 15) is 9.59 Å². The van der Waals surface area contributed by atoms with E-state index in [1.807, 2.05) is 20.8 Å². The van der Waals surface area contributed by atoms with Crippen molar-refractivity contribution in [2.75, 3.05) is 19.6 Å². The third-order valence-corrected chi connectivity index (χ3v) is 3.47. The summed E-state index contributed by atoms with van der Waals surface area (Å²) in [6.45, 7) is 7.42. The SMILES string of the molecule is CC(C)(C)OC(=O)NC1CCN(CC(=O)c2ccco2)CC1. The first-order valence-corrected chi connectivity index (χ1v) is 7.62. The lowest BCUT2D eigenvalue weighted by Crippen LogP contribution is -2.47. The second kappa shape index (κ2) is 6.96. The summed E-state index contributed by atoms with van der Waals surface area (Å²) in [4.78, 5) is 25.8. The molecule has 1 aromatic heterocycles. The normalized spacial score (nSPS) is 17.2. The first-order chi connectivity index (χ1) is 10.3. The van der Waals surface area contributed by atoms with Gasteiger partial charge in [-0.05, 0) is 45.7 Å². The van der Waals surface area contributed by atoms with E-state index in [1.54, 1.807) is 12.1 Å². The molecule has 122 valence electrons. The molecule has 1 saturated heterocycles. The molecule has 6 heteroatoms. The van der Waals surface area contributed by atoms with E-state index in [-0.39, 0.29) is 17.9 Å². The number of ether oxygens (including phenoxy) is 1. The second-order valence-electron chi connectivity index (χ2n) is 6.60. The van der Waals surface area contributed by atoms with Crippen LogP contribution in [0, 0.1) is 0 Å². The molecule has 2 rings (SSSR count). The Labute approximate surface area is 130 Å². The minimum atomic E-state index is -0.486. The highest BCUT2D eigenvalue weighted by atomic mass is 16.6. The number of carbonyl (C=O) groups is 2. The smallest absolute Gasteiger partial charge is 0.407 e. The van der Waals surface area contributed by atoms with Crippen molar-refractivity contribution >= 4 is 11.9 Å². The van der Waals surface area contributed by atoms with E-state index in [0.717, 1.165) is 25.9 Å². The topological polar surface area (TPSA) is 71.8 Å². The number of ketones is 1. The van der Waals surface area contributed by atoms with Gasteiger partial charge in [0.15, 0.2) is 5.76 Å². The van der Waals surface area contributed by atoms with Crippen LogP contribution in [-0.4, -0.2) is 48.1 Å². The maximum atomic E-state index is 12.0. The lowest BCUT2D eigenvalue weighted by Gasteiger charge is -2.32. The average Bonchev–Trinajstić information content (AvgIpc) is 2.92. The van der Waals surface area contributed by atoms with Crippen LogP contribution in [0.4, 0.5) is 4.79 Å². The molecule has 0 unspecified atom stereocenters. The fourth-order valence-electron chi connectivity index (χ4n) is 2.43. The molecule has 0 aliphatic carbocycles. The van der Waals surface area contributed by atoms with Gasteiger partial charge >= 0.3 is 6.09 Å². The van der Waals surface area contributed by atoms with Gasteiger partial charge in [-0.2, -0.15) is 0 Å². The van der Waals surface area contributed by atoms with E-state index in [4.69, 9.17) is 9.15 Å². The number of rotatable bonds is 4. The molecule has 1 fully saturated rings. The molecular weight excluding hydrogens is 284 g/mol. The highest BCUT2D eigenvalue weighted by Crippen LogP contribution is 2.13. The molecule has 1 N–H and O–H groups in total. The zero-order valence-corrected chi connectivity index (χ0v) is 13.4. The van der Waals surface area contributed by atoms with Crippen LogP contribution < -0.4 is 5.32 Å². The van der Waals surface area contributed by atoms with Gasteiger partial charge < -0.3 is 14.5 Å². The maximum absolute atomic E-state index is 12.0. The number of nitrogens with one attached hydrogen (secondary N) is 1. The summed E-state index contributed by atoms with van der Waals surface area (Å²) in [5.41, 5.74) is -0.486. The van der Waals surface area contributed by atoms with Crippen molar-refractivity contribution in [1.82, 2.24) is 10.2 Å². The Morgan fingerprint density at radius 1 is 1.36 bits per heavy atom. The highest BCUT2D eigenvalue weighted by Gasteiger charge is 2.25. The molecule has 0 radical (unpaired) electrons. The third kappa shape index (κ3) is 5.18. The second-order valence-corrected chi connectivity index (χ2v) is 6.60. The zero-order valence-electron chi connectivity index (χ0n) is 13.4. The van der Waals surface area contributed by atoms with Crippen molar-refractivity contribution in [3.8, 4) is 0 Å². The summed E-state index contributed by atoms with van der Waals surface area (Å²) in [5.74, 6) is 0.387. The number of alkyl carbamates (subject to hydrolysis) is 1. The molecule has 22 heavy (non-hydrogen) atoms. The standard InChI is InChI=1S/C16H24N2O4/c1-16(2,3)22-15(20)17-12-6-8-18(9-7-12)11-13(19)14-5-4-10-21-14/h4-5,10,12H,6-9,11H2,1-3H3,(H,17,20). The minimum Gasteiger partial charge on any atom is -0.461 e. The molecule has 6 nitrogen and oxygen atoms in total. The van der Waals surface area contributed by atoms with Crippen LogP contribution in [0.3, 0.4) is 0 Å². The summed E-state index contributed by atoms with van der Waals surface area (Å²) in [5, 5.41) is 2.89. The van der Waals surface area contributed by atoms with E-state index in [2.05, 4.69) is 10.2 Å². The average molecular weight is 308 g/mol. The largest absolute Gasteiger partial charge is 0.461 e. The van der Waals surface area contributed by atoms with E-state index < -0.39 is 5.60 Å². The van der Waals surface area contributed by atoms with Crippen LogP contribution in [0.15, 0.2) is 22.8 Å². The molecule has 0 saturated carbocycles. The maximum Gasteiger partial charge on any atom is 0.407 e. The molecule has 0 spiro atoms. The molecule has 2 heterocycles. The first-order valence-electron chi connectivity index (χ1n) is 7.62. The van der Waals surface area contributed by atoms with Gasteiger partial charge in [-0.1, -0.05) is 0 Å². The number of Topliss-reactive ketones (excluding diaryl/α,β-unsaturated/α-hetero) is 1. The highest BCUT2D eigenvalue weighted by molar-refractivity contribution is 5.95. The summed E-state index contributed by atoms with van der Waals surface area (Å²) >= 11 is 0. The van der Waals surface area contributed by atoms with Crippen LogP contribution in [0.1, 0.15) is 44.2 Å². The van der Waals surface area contributed by atoms with Crippen LogP contribution in [0.2, 0.25) is 0 Å². The fraction of sp³-hybridized carbons (Fsp3) is 0.625. The van der Waals surface area contributed by atoms with Gasteiger partial charge in [-0.25, -0.2) is 4.79 Å². The number of nitrogens with zero attached hydrogens (tertiary/aromatic N) is 1. The predicted molar refractivity (Wildman–Crippen MR) is 81.9 cm³/mol. The van der Waals surface area contributed by atoms with Crippen molar-refractivity contribution in [1.29, 1.82) is 0 Å². The zero-order chi connectivity index (χ0) is 16.2. The Morgan fingerprint density at radius 2 is 2.05 bits per heavy atom. The van der Waals surface area contributed by atoms with Crippen molar-refractivity contribution in [3.63, 3.8) is 0 Å². The van der Waals surface area contributed by atoms with Gasteiger partial charge in [-0.15, -0.1) is 0 Å². The third-order valence-electron chi connectivity index (χ3n) is 3.47. The Kier molecular flexibility index (Phi) is 5.24. The van der Waals surface area contributed by atoms with Crippen LogP contribution in [0.25, 0.3) is 0 Å². The Hall–Kier alpha value is -1.82. The van der Waals surface area contributed by atoms with E-state index >= 15 is 0 Å². The number of furan rings is 1. The minimum absolute atomic E-state index is 0.0106. The first kappa shape index (κ1) is 16.5. The number of piperidine rings is 1. The lowest BCUT2D eigenvalue weighted by atomic mass is 10.0. The van der Waals surface area contributed by atoms with Crippen molar-refractivity contribution < 1.29 is 18.7 Å². The number of hydrogen-bond acceptors (Lipinski definition) is 5. The van der Waals surface area contributed by atoms with E-state index in [1.165, 1.54) is 6.26 Å². The van der Waals surface area contributed by atoms with Crippen LogP contribution >= 0.6 is 0 Å². The Balaban J connectivity index is 1.72. The molecule has 0 atom stereocenters. The number of carbonyl (C=O) groups excluding carboxylic acids is 2. The summed E-state index contributed by atoms with van der Waals surface area (Å²) in [6, 6.07) is 3.49. The molecule has 0 aromatic carbocycles. The quantitative estimate of drug-likeness (QED) is 0.865. The monoisotopic (exact) mass is 308 g/mol. The number of likely N-dealkylation sites (tertiary alicyclic amines) is 1. The van der Waals surface area contributed by atoms with Crippen molar-refractivity contribution in [2.45, 2.75) is 45.3 Å². The molecule has 1 amide bonds. The lowest BCUT2D eigenvalue weighted by molar-refractivity contribution is 0.0475. The van der Waals surface area contributed by atoms with Crippen LogP contribution in [0.5, 0.6) is 0 Å². The van der Waals surface area contributed by atoms with Gasteiger partial charge in [0, 0.05) is 19.1 Å². The van der Waals surface area contributed by atoms with Crippen molar-refractivity contribution in [2.24, 2.45) is 0 Å². The number of hydrogen-bond donors (Lipinski definition) is 1. The molecule has 1 aromatic rings. The van der Waals surface area contributed by atoms with Gasteiger partial charge in [0.2, 0.25) is 5.78 Å². The van der Waals surface area contributed by atoms with Crippen LogP contribution in [-0.2, 0) is 4.74 Å². The Bertz CT molecular complexity index is 497. The Morgan fingerprint density at radius 3 is 2.59 bits per heavy atom. The summed E-state index contributed by atoms with van der Waals surface area (Å²) < 4.78 is 10.4. The van der Waals surface area contributed by atoms with E-state index in [0.29, 0.717) is 12.3 Å².